The van der Waals surface area contributed by atoms with Gasteiger partial charge in [0.1, 0.15) is 17.4 Å². The van der Waals surface area contributed by atoms with Gasteiger partial charge >= 0.3 is 0 Å². The van der Waals surface area contributed by atoms with Gasteiger partial charge in [0.2, 0.25) is 0 Å². The topological polar surface area (TPSA) is 71.3 Å². The molecule has 0 aliphatic heterocycles. The minimum Gasteiger partial charge on any atom is -0.495 e. The number of ether oxygens (including phenoxy) is 2. The summed E-state index contributed by atoms with van der Waals surface area (Å²) >= 11 is 0. The molecule has 0 saturated heterocycles. The van der Waals surface area contributed by atoms with Crippen LogP contribution in [0.5, 0.6) is 5.75 Å². The lowest BCUT2D eigenvalue weighted by Crippen LogP contribution is -2.43. The first kappa shape index (κ1) is 18.0. The first-order valence-corrected chi connectivity index (χ1v) is 7.54. The maximum Gasteiger partial charge on any atom is 0.256 e. The molecule has 5 heteroatoms. The van der Waals surface area contributed by atoms with Crippen LogP contribution in [0.2, 0.25) is 0 Å². The molecule has 0 fully saturated rings. The van der Waals surface area contributed by atoms with Crippen molar-refractivity contribution in [1.82, 2.24) is 0 Å². The Kier molecular flexibility index (Phi) is 6.87. The van der Waals surface area contributed by atoms with E-state index in [-0.39, 0.29) is 5.91 Å². The Morgan fingerprint density at radius 2 is 2.09 bits per heavy atom. The zero-order valence-electron chi connectivity index (χ0n) is 13.7. The molecule has 22 heavy (non-hydrogen) atoms. The Morgan fingerprint density at radius 1 is 1.36 bits per heavy atom. The zero-order chi connectivity index (χ0) is 16.6. The molecule has 1 rings (SSSR count). The summed E-state index contributed by atoms with van der Waals surface area (Å²) in [6.45, 7) is 6.36. The largest absolute Gasteiger partial charge is 0.495 e. The van der Waals surface area contributed by atoms with Crippen molar-refractivity contribution in [1.29, 1.82) is 5.26 Å². The van der Waals surface area contributed by atoms with Gasteiger partial charge in [-0.05, 0) is 38.0 Å². The summed E-state index contributed by atoms with van der Waals surface area (Å²) in [4.78, 5) is 12.5. The standard InChI is InChI=1S/C17H24N2O3/c1-5-9-17(3,22-10-6-2)16(20)19-14-7-8-15(21-4)13(11-14)12-18/h7-8,11H,5-6,9-10H2,1-4H3,(H,19,20)/t17-/m0/s1. The second-order valence-electron chi connectivity index (χ2n) is 5.31. The summed E-state index contributed by atoms with van der Waals surface area (Å²) in [6.07, 6.45) is 2.34. The fraction of sp³-hybridized carbons (Fsp3) is 0.529. The third kappa shape index (κ3) is 4.47. The number of anilines is 1. The van der Waals surface area contributed by atoms with E-state index in [4.69, 9.17) is 14.7 Å². The minimum atomic E-state index is -0.864. The number of amides is 1. The molecule has 120 valence electrons. The number of benzene rings is 1. The molecule has 0 heterocycles. The highest BCUT2D eigenvalue weighted by Gasteiger charge is 2.33. The normalized spacial score (nSPS) is 13.0. The maximum absolute atomic E-state index is 12.5. The molecule has 0 spiro atoms. The number of rotatable bonds is 8. The molecule has 0 saturated carbocycles. The van der Waals surface area contributed by atoms with Crippen molar-refractivity contribution in [3.8, 4) is 11.8 Å². The van der Waals surface area contributed by atoms with Gasteiger partial charge in [0.15, 0.2) is 0 Å². The summed E-state index contributed by atoms with van der Waals surface area (Å²) in [6, 6.07) is 7.03. The minimum absolute atomic E-state index is 0.197. The highest BCUT2D eigenvalue weighted by molar-refractivity contribution is 5.97. The number of hydrogen-bond donors (Lipinski definition) is 1. The van der Waals surface area contributed by atoms with Gasteiger partial charge in [-0.3, -0.25) is 4.79 Å². The van der Waals surface area contributed by atoms with Crippen LogP contribution in [0.25, 0.3) is 0 Å². The van der Waals surface area contributed by atoms with E-state index in [9.17, 15) is 4.79 Å². The molecule has 0 aromatic heterocycles. The fourth-order valence-corrected chi connectivity index (χ4v) is 2.19. The van der Waals surface area contributed by atoms with Gasteiger partial charge in [-0.2, -0.15) is 5.26 Å². The summed E-state index contributed by atoms with van der Waals surface area (Å²) < 4.78 is 10.8. The van der Waals surface area contributed by atoms with E-state index in [0.717, 1.165) is 12.8 Å². The Bertz CT molecular complexity index is 551. The van der Waals surface area contributed by atoms with Crippen LogP contribution in [0.3, 0.4) is 0 Å². The molecule has 5 nitrogen and oxygen atoms in total. The van der Waals surface area contributed by atoms with Crippen LogP contribution in [-0.2, 0) is 9.53 Å². The molecule has 0 aliphatic carbocycles. The van der Waals surface area contributed by atoms with Crippen molar-refractivity contribution in [2.24, 2.45) is 0 Å². The van der Waals surface area contributed by atoms with Gasteiger partial charge in [0, 0.05) is 12.3 Å². The molecule has 1 amide bonds. The highest BCUT2D eigenvalue weighted by Crippen LogP contribution is 2.24. The van der Waals surface area contributed by atoms with E-state index in [2.05, 4.69) is 11.4 Å². The van der Waals surface area contributed by atoms with Crippen LogP contribution in [-0.4, -0.2) is 25.2 Å². The van der Waals surface area contributed by atoms with Gasteiger partial charge in [-0.15, -0.1) is 0 Å². The fourth-order valence-electron chi connectivity index (χ4n) is 2.19. The summed E-state index contributed by atoms with van der Waals surface area (Å²) in [5, 5.41) is 11.9. The predicted molar refractivity (Wildman–Crippen MR) is 85.9 cm³/mol. The van der Waals surface area contributed by atoms with Gasteiger partial charge in [0.05, 0.1) is 12.7 Å². The quantitative estimate of drug-likeness (QED) is 0.798. The molecule has 1 aromatic carbocycles. The number of carbonyl (C=O) groups is 1. The first-order chi connectivity index (χ1) is 10.5. The van der Waals surface area contributed by atoms with Gasteiger partial charge in [0.25, 0.3) is 5.91 Å². The lowest BCUT2D eigenvalue weighted by Gasteiger charge is -2.28. The Labute approximate surface area is 132 Å². The number of methoxy groups -OCH3 is 1. The monoisotopic (exact) mass is 304 g/mol. The molecule has 1 atom stereocenters. The van der Waals surface area contributed by atoms with E-state index in [1.54, 1.807) is 25.1 Å². The van der Waals surface area contributed by atoms with Crippen molar-refractivity contribution in [2.45, 2.75) is 45.6 Å². The zero-order valence-corrected chi connectivity index (χ0v) is 13.7. The number of nitriles is 1. The van der Waals surface area contributed by atoms with Crippen LogP contribution >= 0.6 is 0 Å². The van der Waals surface area contributed by atoms with Crippen LogP contribution < -0.4 is 10.1 Å². The van der Waals surface area contributed by atoms with Crippen molar-refractivity contribution >= 4 is 11.6 Å². The van der Waals surface area contributed by atoms with Gasteiger partial charge in [-0.25, -0.2) is 0 Å². The number of nitrogens with one attached hydrogen (secondary N) is 1. The third-order valence-corrected chi connectivity index (χ3v) is 3.41. The average molecular weight is 304 g/mol. The molecule has 0 radical (unpaired) electrons. The molecule has 0 unspecified atom stereocenters. The lowest BCUT2D eigenvalue weighted by atomic mass is 9.98. The van der Waals surface area contributed by atoms with E-state index >= 15 is 0 Å². The SMILES string of the molecule is CCCO[C@@](C)(CCC)C(=O)Nc1ccc(OC)c(C#N)c1. The maximum atomic E-state index is 12.5. The average Bonchev–Trinajstić information content (AvgIpc) is 2.53. The van der Waals surface area contributed by atoms with Gasteiger partial charge in [-0.1, -0.05) is 20.3 Å². The van der Waals surface area contributed by atoms with E-state index < -0.39 is 5.60 Å². The van der Waals surface area contributed by atoms with E-state index in [1.807, 2.05) is 13.8 Å². The second kappa shape index (κ2) is 8.40. The number of nitrogens with zero attached hydrogens (tertiary/aromatic N) is 1. The first-order valence-electron chi connectivity index (χ1n) is 7.54. The van der Waals surface area contributed by atoms with Crippen molar-refractivity contribution in [3.63, 3.8) is 0 Å². The van der Waals surface area contributed by atoms with Crippen molar-refractivity contribution in [3.05, 3.63) is 23.8 Å². The molecule has 1 aromatic rings. The van der Waals surface area contributed by atoms with E-state index in [1.165, 1.54) is 7.11 Å². The van der Waals surface area contributed by atoms with Crippen LogP contribution in [0.4, 0.5) is 5.69 Å². The Morgan fingerprint density at radius 3 is 2.64 bits per heavy atom. The predicted octanol–water partition coefficient (Wildman–Crippen LogP) is 3.49. The number of carbonyl (C=O) groups excluding carboxylic acids is 1. The van der Waals surface area contributed by atoms with Crippen molar-refractivity contribution < 1.29 is 14.3 Å². The smallest absolute Gasteiger partial charge is 0.256 e. The molecular formula is C17H24N2O3. The van der Waals surface area contributed by atoms with Crippen LogP contribution in [0, 0.1) is 11.3 Å². The second-order valence-corrected chi connectivity index (χ2v) is 5.31. The molecular weight excluding hydrogens is 280 g/mol. The summed E-state index contributed by atoms with van der Waals surface area (Å²) in [5.41, 5.74) is 0.0778. The Balaban J connectivity index is 2.92. The van der Waals surface area contributed by atoms with Crippen LogP contribution in [0.1, 0.15) is 45.6 Å². The third-order valence-electron chi connectivity index (χ3n) is 3.41. The highest BCUT2D eigenvalue weighted by atomic mass is 16.5. The molecule has 0 aliphatic rings. The summed E-state index contributed by atoms with van der Waals surface area (Å²) in [5.74, 6) is 0.288. The molecule has 1 N–H and O–H groups in total. The van der Waals surface area contributed by atoms with E-state index in [0.29, 0.717) is 30.0 Å². The number of hydrogen-bond acceptors (Lipinski definition) is 4. The Hall–Kier alpha value is -2.06. The van der Waals surface area contributed by atoms with Gasteiger partial charge < -0.3 is 14.8 Å². The summed E-state index contributed by atoms with van der Waals surface area (Å²) in [7, 11) is 1.51. The van der Waals surface area contributed by atoms with Crippen molar-refractivity contribution in [2.75, 3.05) is 19.0 Å². The molecule has 0 bridgehead atoms. The lowest BCUT2D eigenvalue weighted by molar-refractivity contribution is -0.140. The van der Waals surface area contributed by atoms with Crippen LogP contribution in [0.15, 0.2) is 18.2 Å².